The van der Waals surface area contributed by atoms with Crippen molar-refractivity contribution >= 4 is 23.8 Å². The van der Waals surface area contributed by atoms with Gasteiger partial charge in [0.25, 0.3) is 0 Å². The van der Waals surface area contributed by atoms with Crippen LogP contribution in [0.2, 0.25) is 0 Å². The molecular formula is C14H25ClN2O2. The van der Waals surface area contributed by atoms with Crippen LogP contribution in [-0.4, -0.2) is 48.2 Å². The van der Waals surface area contributed by atoms with E-state index in [1.165, 1.54) is 6.21 Å². The first-order chi connectivity index (χ1) is 8.99. The fourth-order valence-electron chi connectivity index (χ4n) is 2.56. The van der Waals surface area contributed by atoms with Crippen molar-refractivity contribution in [2.75, 3.05) is 25.6 Å². The van der Waals surface area contributed by atoms with Crippen LogP contribution >= 0.6 is 11.6 Å². The molecule has 0 bridgehead atoms. The monoisotopic (exact) mass is 288 g/mol. The zero-order valence-electron chi connectivity index (χ0n) is 12.1. The van der Waals surface area contributed by atoms with Crippen LogP contribution in [0.4, 0.5) is 0 Å². The van der Waals surface area contributed by atoms with Gasteiger partial charge < -0.3 is 10.1 Å². The molecule has 2 atom stereocenters. The number of piperidine rings is 1. The van der Waals surface area contributed by atoms with E-state index < -0.39 is 0 Å². The maximum absolute atomic E-state index is 11.7. The van der Waals surface area contributed by atoms with Gasteiger partial charge in [0.05, 0.1) is 18.1 Å². The van der Waals surface area contributed by atoms with Crippen molar-refractivity contribution in [2.24, 2.45) is 11.8 Å². The summed E-state index contributed by atoms with van der Waals surface area (Å²) in [7, 11) is 0. The number of nitrogens with one attached hydrogen (secondary N) is 1. The van der Waals surface area contributed by atoms with Gasteiger partial charge in [-0.2, -0.15) is 0 Å². The number of carbonyl (C=O) groups excluding carboxylic acids is 1. The van der Waals surface area contributed by atoms with Gasteiger partial charge in [-0.3, -0.25) is 9.69 Å². The molecule has 0 aromatic carbocycles. The number of esters is 1. The fraction of sp³-hybridized carbons (Fsp3) is 0.857. The second kappa shape index (κ2) is 7.25. The van der Waals surface area contributed by atoms with Crippen molar-refractivity contribution in [3.05, 3.63) is 0 Å². The Kier molecular flexibility index (Phi) is 6.27. The normalized spacial score (nSPS) is 22.5. The topological polar surface area (TPSA) is 53.4 Å². The number of nitrogens with zero attached hydrogens (tertiary/aromatic N) is 1. The molecule has 0 radical (unpaired) electrons. The van der Waals surface area contributed by atoms with Gasteiger partial charge in [0.2, 0.25) is 0 Å². The Morgan fingerprint density at radius 3 is 2.58 bits per heavy atom. The lowest BCUT2D eigenvalue weighted by molar-refractivity contribution is -0.150. The molecular weight excluding hydrogens is 264 g/mol. The Bertz CT molecular complexity index is 317. The van der Waals surface area contributed by atoms with E-state index in [0.29, 0.717) is 12.5 Å². The molecule has 0 aromatic heterocycles. The molecule has 1 N–H and O–H groups in total. The second-order valence-corrected chi connectivity index (χ2v) is 5.75. The van der Waals surface area contributed by atoms with Gasteiger partial charge >= 0.3 is 5.97 Å². The van der Waals surface area contributed by atoms with Crippen molar-refractivity contribution < 1.29 is 9.53 Å². The predicted octanol–water partition coefficient (Wildman–Crippen LogP) is 2.54. The largest absolute Gasteiger partial charge is 0.466 e. The molecule has 1 heterocycles. The lowest BCUT2D eigenvalue weighted by Crippen LogP contribution is -2.56. The smallest absolute Gasteiger partial charge is 0.309 e. The zero-order valence-corrected chi connectivity index (χ0v) is 12.9. The predicted molar refractivity (Wildman–Crippen MR) is 78.0 cm³/mol. The number of hydrogen-bond donors (Lipinski definition) is 1. The van der Waals surface area contributed by atoms with E-state index in [9.17, 15) is 4.79 Å². The number of carbonyl (C=O) groups is 1. The van der Waals surface area contributed by atoms with Gasteiger partial charge in [0.15, 0.2) is 0 Å². The molecule has 1 aliphatic heterocycles. The molecule has 110 valence electrons. The second-order valence-electron chi connectivity index (χ2n) is 5.44. The van der Waals surface area contributed by atoms with Gasteiger partial charge in [-0.05, 0) is 45.7 Å². The Balaban J connectivity index is 2.61. The molecule has 0 aromatic rings. The molecule has 19 heavy (non-hydrogen) atoms. The maximum atomic E-state index is 11.7. The molecule has 0 spiro atoms. The standard InChI is InChI=1S/C14H25ClN2O2/c1-4-19-13(18)12-5-7-17(8-6-12)14(3,10-16)11(2)9-15/h10-12,16H,4-9H2,1-3H3/t11?,14-/m0/s1. The van der Waals surface area contributed by atoms with Crippen LogP contribution in [0, 0.1) is 17.2 Å². The molecule has 0 aliphatic carbocycles. The summed E-state index contributed by atoms with van der Waals surface area (Å²) in [6, 6.07) is 0. The lowest BCUT2D eigenvalue weighted by Gasteiger charge is -2.45. The summed E-state index contributed by atoms with van der Waals surface area (Å²) < 4.78 is 5.07. The van der Waals surface area contributed by atoms with Crippen molar-refractivity contribution in [1.82, 2.24) is 4.90 Å². The van der Waals surface area contributed by atoms with E-state index in [4.69, 9.17) is 21.7 Å². The highest BCUT2D eigenvalue weighted by Gasteiger charge is 2.38. The minimum Gasteiger partial charge on any atom is -0.466 e. The first kappa shape index (κ1) is 16.4. The fourth-order valence-corrected chi connectivity index (χ4v) is 2.87. The van der Waals surface area contributed by atoms with E-state index in [2.05, 4.69) is 18.7 Å². The van der Waals surface area contributed by atoms with E-state index in [0.717, 1.165) is 25.9 Å². The number of ether oxygens (including phenoxy) is 1. The molecule has 5 heteroatoms. The minimum atomic E-state index is -0.318. The highest BCUT2D eigenvalue weighted by Crippen LogP contribution is 2.29. The minimum absolute atomic E-state index is 0.0116. The van der Waals surface area contributed by atoms with Crippen molar-refractivity contribution in [3.8, 4) is 0 Å². The van der Waals surface area contributed by atoms with Crippen molar-refractivity contribution in [2.45, 2.75) is 39.2 Å². The molecule has 1 fully saturated rings. The van der Waals surface area contributed by atoms with Crippen LogP contribution in [0.5, 0.6) is 0 Å². The van der Waals surface area contributed by atoms with Crippen LogP contribution in [0.3, 0.4) is 0 Å². The van der Waals surface area contributed by atoms with E-state index in [1.54, 1.807) is 0 Å². The van der Waals surface area contributed by atoms with Crippen LogP contribution in [0.15, 0.2) is 0 Å². The Morgan fingerprint density at radius 1 is 1.58 bits per heavy atom. The molecule has 1 unspecified atom stereocenters. The highest BCUT2D eigenvalue weighted by atomic mass is 35.5. The van der Waals surface area contributed by atoms with Crippen molar-refractivity contribution in [1.29, 1.82) is 5.41 Å². The summed E-state index contributed by atoms with van der Waals surface area (Å²) in [5, 5.41) is 7.71. The average molecular weight is 289 g/mol. The number of halogens is 1. The summed E-state index contributed by atoms with van der Waals surface area (Å²) in [4.78, 5) is 14.0. The van der Waals surface area contributed by atoms with Crippen LogP contribution < -0.4 is 0 Å². The molecule has 4 nitrogen and oxygen atoms in total. The molecule has 0 saturated carbocycles. The summed E-state index contributed by atoms with van der Waals surface area (Å²) in [6.45, 7) is 8.03. The quantitative estimate of drug-likeness (QED) is 0.464. The molecule has 1 rings (SSSR count). The summed E-state index contributed by atoms with van der Waals surface area (Å²) in [5.41, 5.74) is -0.318. The highest BCUT2D eigenvalue weighted by molar-refractivity contribution is 6.18. The Hall–Kier alpha value is -0.610. The number of rotatable bonds is 6. The Morgan fingerprint density at radius 2 is 2.16 bits per heavy atom. The molecule has 1 aliphatic rings. The van der Waals surface area contributed by atoms with E-state index >= 15 is 0 Å². The molecule has 0 amide bonds. The SMILES string of the molecule is CCOC(=O)C1CCN([C@@](C)(C=N)C(C)CCl)CC1. The Labute approximate surface area is 121 Å². The van der Waals surface area contributed by atoms with Gasteiger partial charge in [0, 0.05) is 12.1 Å². The van der Waals surface area contributed by atoms with Crippen LogP contribution in [0.1, 0.15) is 33.6 Å². The van der Waals surface area contributed by atoms with E-state index in [-0.39, 0.29) is 23.3 Å². The first-order valence-corrected chi connectivity index (χ1v) is 7.52. The number of hydrogen-bond acceptors (Lipinski definition) is 4. The third kappa shape index (κ3) is 3.69. The number of likely N-dealkylation sites (tertiary alicyclic amines) is 1. The van der Waals surface area contributed by atoms with Gasteiger partial charge in [-0.25, -0.2) is 0 Å². The summed E-state index contributed by atoms with van der Waals surface area (Å²) >= 11 is 5.95. The van der Waals surface area contributed by atoms with Crippen molar-refractivity contribution in [3.63, 3.8) is 0 Å². The summed E-state index contributed by atoms with van der Waals surface area (Å²) in [6.07, 6.45) is 3.10. The summed E-state index contributed by atoms with van der Waals surface area (Å²) in [5.74, 6) is 0.677. The molecule has 1 saturated heterocycles. The van der Waals surface area contributed by atoms with Crippen LogP contribution in [-0.2, 0) is 9.53 Å². The maximum Gasteiger partial charge on any atom is 0.309 e. The third-order valence-electron chi connectivity index (χ3n) is 4.32. The number of alkyl halides is 1. The van der Waals surface area contributed by atoms with E-state index in [1.807, 2.05) is 6.92 Å². The first-order valence-electron chi connectivity index (χ1n) is 6.98. The zero-order chi connectivity index (χ0) is 14.5. The van der Waals surface area contributed by atoms with Crippen LogP contribution in [0.25, 0.3) is 0 Å². The van der Waals surface area contributed by atoms with Gasteiger partial charge in [0.1, 0.15) is 0 Å². The van der Waals surface area contributed by atoms with Gasteiger partial charge in [-0.1, -0.05) is 6.92 Å². The van der Waals surface area contributed by atoms with Gasteiger partial charge in [-0.15, -0.1) is 11.6 Å². The lowest BCUT2D eigenvalue weighted by atomic mass is 9.84. The average Bonchev–Trinajstić information content (AvgIpc) is 2.46. The third-order valence-corrected chi connectivity index (χ3v) is 4.78.